The molecule has 2 fully saturated rings. The quantitative estimate of drug-likeness (QED) is 0.789. The highest BCUT2D eigenvalue weighted by Gasteiger charge is 2.31. The first-order chi connectivity index (χ1) is 13.4. The Bertz CT molecular complexity index is 684. The third-order valence-corrected chi connectivity index (χ3v) is 6.11. The van der Waals surface area contributed by atoms with Crippen molar-refractivity contribution < 1.29 is 9.59 Å². The molecular formula is C22H34N4O2. The van der Waals surface area contributed by atoms with Crippen LogP contribution in [0.5, 0.6) is 0 Å². The van der Waals surface area contributed by atoms with Crippen molar-refractivity contribution in [1.29, 1.82) is 0 Å². The van der Waals surface area contributed by atoms with E-state index < -0.39 is 0 Å². The molecule has 1 aromatic rings. The number of carbonyl (C=O) groups excluding carboxylic acids is 2. The molecule has 2 saturated heterocycles. The molecule has 28 heavy (non-hydrogen) atoms. The van der Waals surface area contributed by atoms with Gasteiger partial charge in [-0.3, -0.25) is 14.5 Å². The Morgan fingerprint density at radius 2 is 1.39 bits per heavy atom. The average Bonchev–Trinajstić information content (AvgIpc) is 2.71. The summed E-state index contributed by atoms with van der Waals surface area (Å²) in [6.45, 7) is 15.7. The van der Waals surface area contributed by atoms with E-state index in [1.54, 1.807) is 0 Å². The molecule has 0 radical (unpaired) electrons. The monoisotopic (exact) mass is 386 g/mol. The van der Waals surface area contributed by atoms with E-state index in [-0.39, 0.29) is 17.9 Å². The molecule has 6 heteroatoms. The van der Waals surface area contributed by atoms with Crippen molar-refractivity contribution in [3.8, 4) is 0 Å². The third-order valence-electron chi connectivity index (χ3n) is 6.11. The Labute approximate surface area is 169 Å². The topological polar surface area (TPSA) is 47.1 Å². The zero-order valence-corrected chi connectivity index (χ0v) is 17.8. The maximum absolute atomic E-state index is 12.9. The Morgan fingerprint density at radius 1 is 0.857 bits per heavy atom. The molecule has 0 spiro atoms. The molecule has 6 nitrogen and oxygen atoms in total. The molecule has 1 aromatic carbocycles. The van der Waals surface area contributed by atoms with Crippen LogP contribution in [0.15, 0.2) is 18.2 Å². The van der Waals surface area contributed by atoms with E-state index in [9.17, 15) is 9.59 Å². The molecule has 2 aliphatic heterocycles. The number of aryl methyl sites for hydroxylation is 2. The van der Waals surface area contributed by atoms with Gasteiger partial charge in [-0.15, -0.1) is 0 Å². The Kier molecular flexibility index (Phi) is 6.73. The van der Waals surface area contributed by atoms with E-state index in [1.807, 2.05) is 42.7 Å². The van der Waals surface area contributed by atoms with Gasteiger partial charge in [-0.05, 0) is 39.4 Å². The lowest BCUT2D eigenvalue weighted by molar-refractivity contribution is -0.138. The number of amides is 2. The van der Waals surface area contributed by atoms with Crippen LogP contribution >= 0.6 is 0 Å². The molecule has 1 unspecified atom stereocenters. The highest BCUT2D eigenvalue weighted by molar-refractivity contribution is 5.94. The second-order valence-electron chi connectivity index (χ2n) is 8.14. The van der Waals surface area contributed by atoms with Gasteiger partial charge in [-0.2, -0.15) is 0 Å². The number of benzene rings is 1. The molecule has 0 aromatic heterocycles. The fourth-order valence-corrected chi connectivity index (χ4v) is 4.30. The lowest BCUT2D eigenvalue weighted by atomic mass is 10.1. The number of piperazine rings is 2. The second kappa shape index (κ2) is 9.05. The van der Waals surface area contributed by atoms with Gasteiger partial charge in [0.05, 0.1) is 6.04 Å². The smallest absolute Gasteiger partial charge is 0.253 e. The lowest BCUT2D eigenvalue weighted by Gasteiger charge is -2.41. The Hall–Kier alpha value is -1.92. The Morgan fingerprint density at radius 3 is 1.93 bits per heavy atom. The van der Waals surface area contributed by atoms with Crippen LogP contribution in [0.1, 0.15) is 35.3 Å². The van der Waals surface area contributed by atoms with E-state index in [2.05, 4.69) is 22.8 Å². The number of hydrogen-bond donors (Lipinski definition) is 0. The molecule has 2 amide bonds. The first kappa shape index (κ1) is 20.8. The van der Waals surface area contributed by atoms with Crippen LogP contribution in [0.3, 0.4) is 0 Å². The van der Waals surface area contributed by atoms with Gasteiger partial charge in [0, 0.05) is 57.9 Å². The summed E-state index contributed by atoms with van der Waals surface area (Å²) in [7, 11) is 0. The molecule has 1 atom stereocenters. The zero-order chi connectivity index (χ0) is 20.3. The second-order valence-corrected chi connectivity index (χ2v) is 8.14. The van der Waals surface area contributed by atoms with Crippen LogP contribution in [0.25, 0.3) is 0 Å². The van der Waals surface area contributed by atoms with Crippen molar-refractivity contribution in [1.82, 2.24) is 19.6 Å². The van der Waals surface area contributed by atoms with Gasteiger partial charge in [-0.1, -0.05) is 24.1 Å². The largest absolute Gasteiger partial charge is 0.339 e. The summed E-state index contributed by atoms with van der Waals surface area (Å²) in [4.78, 5) is 34.3. The van der Waals surface area contributed by atoms with Crippen molar-refractivity contribution in [3.63, 3.8) is 0 Å². The van der Waals surface area contributed by atoms with Gasteiger partial charge >= 0.3 is 0 Å². The van der Waals surface area contributed by atoms with Crippen LogP contribution in [0.4, 0.5) is 0 Å². The summed E-state index contributed by atoms with van der Waals surface area (Å²) in [5.74, 6) is 0.325. The van der Waals surface area contributed by atoms with Gasteiger partial charge in [-0.25, -0.2) is 0 Å². The van der Waals surface area contributed by atoms with Crippen molar-refractivity contribution in [2.45, 2.75) is 33.7 Å². The Balaban J connectivity index is 1.53. The highest BCUT2D eigenvalue weighted by Crippen LogP contribution is 2.15. The molecule has 3 rings (SSSR count). The summed E-state index contributed by atoms with van der Waals surface area (Å²) in [5, 5.41) is 0. The van der Waals surface area contributed by atoms with E-state index in [0.717, 1.165) is 62.5 Å². The summed E-state index contributed by atoms with van der Waals surface area (Å²) >= 11 is 0. The zero-order valence-electron chi connectivity index (χ0n) is 17.8. The van der Waals surface area contributed by atoms with Gasteiger partial charge in [0.15, 0.2) is 0 Å². The SMILES string of the molecule is CCN1CCN(C(=O)C(C)N2CCN(C(=O)c3cc(C)cc(C)c3)CC2)CC1. The number of hydrogen-bond acceptors (Lipinski definition) is 4. The van der Waals surface area contributed by atoms with Crippen LogP contribution in [0, 0.1) is 13.8 Å². The molecule has 0 saturated carbocycles. The number of rotatable bonds is 4. The standard InChI is InChI=1S/C22H34N4O2/c1-5-23-6-8-25(9-7-23)21(27)19(4)24-10-12-26(13-11-24)22(28)20-15-17(2)14-18(3)16-20/h14-16,19H,5-13H2,1-4H3. The van der Waals surface area contributed by atoms with Gasteiger partial charge < -0.3 is 14.7 Å². The van der Waals surface area contributed by atoms with Crippen LogP contribution in [-0.4, -0.2) is 96.4 Å². The molecule has 0 N–H and O–H groups in total. The predicted molar refractivity (Wildman–Crippen MR) is 112 cm³/mol. The normalized spacial score (nSPS) is 20.3. The van der Waals surface area contributed by atoms with Crippen molar-refractivity contribution in [2.24, 2.45) is 0 Å². The first-order valence-corrected chi connectivity index (χ1v) is 10.5. The number of nitrogens with zero attached hydrogens (tertiary/aromatic N) is 4. The average molecular weight is 387 g/mol. The maximum Gasteiger partial charge on any atom is 0.253 e. The van der Waals surface area contributed by atoms with Crippen LogP contribution in [-0.2, 0) is 4.79 Å². The fourth-order valence-electron chi connectivity index (χ4n) is 4.30. The third kappa shape index (κ3) is 4.73. The fraction of sp³-hybridized carbons (Fsp3) is 0.636. The lowest BCUT2D eigenvalue weighted by Crippen LogP contribution is -2.58. The van der Waals surface area contributed by atoms with E-state index in [1.165, 1.54) is 0 Å². The highest BCUT2D eigenvalue weighted by atomic mass is 16.2. The van der Waals surface area contributed by atoms with E-state index >= 15 is 0 Å². The van der Waals surface area contributed by atoms with Crippen LogP contribution < -0.4 is 0 Å². The van der Waals surface area contributed by atoms with Crippen molar-refractivity contribution in [3.05, 3.63) is 34.9 Å². The van der Waals surface area contributed by atoms with E-state index in [0.29, 0.717) is 13.1 Å². The van der Waals surface area contributed by atoms with Crippen molar-refractivity contribution in [2.75, 3.05) is 58.9 Å². The summed E-state index contributed by atoms with van der Waals surface area (Å²) < 4.78 is 0. The molecular weight excluding hydrogens is 352 g/mol. The van der Waals surface area contributed by atoms with Gasteiger partial charge in [0.2, 0.25) is 5.91 Å². The molecule has 2 heterocycles. The molecule has 0 aliphatic carbocycles. The summed E-state index contributed by atoms with van der Waals surface area (Å²) in [5.41, 5.74) is 3.00. The van der Waals surface area contributed by atoms with E-state index in [4.69, 9.17) is 0 Å². The van der Waals surface area contributed by atoms with Crippen molar-refractivity contribution >= 4 is 11.8 Å². The molecule has 0 bridgehead atoms. The minimum Gasteiger partial charge on any atom is -0.339 e. The molecule has 154 valence electrons. The minimum atomic E-state index is -0.119. The van der Waals surface area contributed by atoms with Gasteiger partial charge in [0.25, 0.3) is 5.91 Å². The molecule has 2 aliphatic rings. The van der Waals surface area contributed by atoms with Gasteiger partial charge in [0.1, 0.15) is 0 Å². The number of carbonyl (C=O) groups is 2. The maximum atomic E-state index is 12.9. The summed E-state index contributed by atoms with van der Waals surface area (Å²) in [6, 6.07) is 5.89. The predicted octanol–water partition coefficient (Wildman–Crippen LogP) is 1.61. The number of likely N-dealkylation sites (N-methyl/N-ethyl adjacent to an activating group) is 1. The summed E-state index contributed by atoms with van der Waals surface area (Å²) in [6.07, 6.45) is 0. The first-order valence-electron chi connectivity index (χ1n) is 10.5. The van der Waals surface area contributed by atoms with Crippen LogP contribution in [0.2, 0.25) is 0 Å². The minimum absolute atomic E-state index is 0.0983.